The van der Waals surface area contributed by atoms with Crippen LogP contribution in [-0.2, 0) is 0 Å². The van der Waals surface area contributed by atoms with Crippen molar-refractivity contribution in [2.24, 2.45) is 0 Å². The van der Waals surface area contributed by atoms with Crippen LogP contribution in [0.25, 0.3) is 0 Å². The van der Waals surface area contributed by atoms with Gasteiger partial charge in [0.25, 0.3) is 5.69 Å². The molecule has 110 valence electrons. The fourth-order valence-electron chi connectivity index (χ4n) is 1.56. The number of benzene rings is 1. The lowest BCUT2D eigenvalue weighted by molar-refractivity contribution is -0.384. The molecule has 9 heteroatoms. The summed E-state index contributed by atoms with van der Waals surface area (Å²) in [6.45, 7) is 1.77. The molecule has 21 heavy (non-hydrogen) atoms. The molecule has 1 N–H and O–H groups in total. The van der Waals surface area contributed by atoms with Crippen LogP contribution < -0.4 is 10.1 Å². The summed E-state index contributed by atoms with van der Waals surface area (Å²) in [6, 6.07) is 3.92. The topological polar surface area (TPSA) is 90.2 Å². The Morgan fingerprint density at radius 1 is 1.24 bits per heavy atom. The number of non-ortho nitro benzene ring substituents is 1. The summed E-state index contributed by atoms with van der Waals surface area (Å²) in [5.41, 5.74) is 0.464. The van der Waals surface area contributed by atoms with Crippen LogP contribution in [0.4, 0.5) is 11.6 Å². The minimum atomic E-state index is -0.588. The Balaban J connectivity index is 2.40. The number of nitrogens with zero attached hydrogens (tertiary/aromatic N) is 3. The predicted molar refractivity (Wildman–Crippen MR) is 79.5 cm³/mol. The first-order chi connectivity index (χ1) is 9.90. The molecule has 2 rings (SSSR count). The van der Waals surface area contributed by atoms with E-state index >= 15 is 0 Å². The van der Waals surface area contributed by atoms with Crippen molar-refractivity contribution in [1.82, 2.24) is 9.97 Å². The van der Waals surface area contributed by atoms with E-state index in [-0.39, 0.29) is 27.4 Å². The van der Waals surface area contributed by atoms with E-state index in [4.69, 9.17) is 27.9 Å². The van der Waals surface area contributed by atoms with Gasteiger partial charge in [0.1, 0.15) is 0 Å². The quantitative estimate of drug-likeness (QED) is 0.677. The fraction of sp³-hybridized carbons (Fsp3) is 0.167. The minimum Gasteiger partial charge on any atom is -0.436 e. The Labute approximate surface area is 130 Å². The Kier molecular flexibility index (Phi) is 4.44. The minimum absolute atomic E-state index is 0.0245. The maximum Gasteiger partial charge on any atom is 0.272 e. The molecule has 0 saturated heterocycles. The second-order valence-corrected chi connectivity index (χ2v) is 4.83. The number of anilines is 1. The van der Waals surface area contributed by atoms with Gasteiger partial charge in [0.2, 0.25) is 11.8 Å². The molecule has 0 fully saturated rings. The third kappa shape index (κ3) is 3.50. The van der Waals surface area contributed by atoms with E-state index in [1.807, 2.05) is 0 Å². The Bertz CT molecular complexity index is 686. The van der Waals surface area contributed by atoms with Crippen molar-refractivity contribution in [3.8, 4) is 11.6 Å². The molecule has 0 atom stereocenters. The highest BCUT2D eigenvalue weighted by Gasteiger charge is 2.17. The highest BCUT2D eigenvalue weighted by molar-refractivity contribution is 6.37. The van der Waals surface area contributed by atoms with Gasteiger partial charge in [0.05, 0.1) is 15.0 Å². The average Bonchev–Trinajstić information content (AvgIpc) is 2.41. The van der Waals surface area contributed by atoms with Crippen LogP contribution in [0.15, 0.2) is 18.2 Å². The van der Waals surface area contributed by atoms with Crippen molar-refractivity contribution in [1.29, 1.82) is 0 Å². The van der Waals surface area contributed by atoms with E-state index in [1.54, 1.807) is 20.0 Å². The summed E-state index contributed by atoms with van der Waals surface area (Å²) < 4.78 is 5.52. The predicted octanol–water partition coefficient (Wildman–Crippen LogP) is 3.83. The molecule has 2 aromatic rings. The molecule has 0 bridgehead atoms. The largest absolute Gasteiger partial charge is 0.436 e. The fourth-order valence-corrected chi connectivity index (χ4v) is 2.11. The molecule has 1 heterocycles. The number of nitro benzene ring substituents is 1. The highest BCUT2D eigenvalue weighted by Crippen LogP contribution is 2.39. The van der Waals surface area contributed by atoms with Crippen LogP contribution >= 0.6 is 23.2 Å². The van der Waals surface area contributed by atoms with E-state index in [2.05, 4.69) is 15.3 Å². The number of ether oxygens (including phenoxy) is 1. The maximum absolute atomic E-state index is 10.7. The van der Waals surface area contributed by atoms with E-state index in [9.17, 15) is 10.1 Å². The molecule has 0 spiro atoms. The van der Waals surface area contributed by atoms with E-state index in [1.165, 1.54) is 0 Å². The highest BCUT2D eigenvalue weighted by atomic mass is 35.5. The summed E-state index contributed by atoms with van der Waals surface area (Å²) in [4.78, 5) is 18.3. The number of rotatable bonds is 4. The van der Waals surface area contributed by atoms with Gasteiger partial charge in [-0.25, -0.2) is 4.98 Å². The standard InChI is InChI=1S/C12H10Cl2N4O3/c1-6-3-10(17-12(15-2)16-6)21-11-8(13)4-7(18(19)20)5-9(11)14/h3-5H,1-2H3,(H,15,16,17). The van der Waals surface area contributed by atoms with Crippen molar-refractivity contribution < 1.29 is 9.66 Å². The number of aryl methyl sites for hydroxylation is 1. The Morgan fingerprint density at radius 2 is 1.86 bits per heavy atom. The summed E-state index contributed by atoms with van der Waals surface area (Å²) in [6.07, 6.45) is 0. The molecule has 0 aliphatic rings. The van der Waals surface area contributed by atoms with Crippen LogP contribution in [0.2, 0.25) is 10.0 Å². The molecule has 7 nitrogen and oxygen atoms in total. The van der Waals surface area contributed by atoms with Crippen LogP contribution in [0.5, 0.6) is 11.6 Å². The zero-order chi connectivity index (χ0) is 15.6. The average molecular weight is 329 g/mol. The van der Waals surface area contributed by atoms with Crippen molar-refractivity contribution >= 4 is 34.8 Å². The van der Waals surface area contributed by atoms with Crippen molar-refractivity contribution in [3.05, 3.63) is 44.1 Å². The number of halogens is 2. The van der Waals surface area contributed by atoms with Gasteiger partial charge in [-0.1, -0.05) is 23.2 Å². The maximum atomic E-state index is 10.7. The normalized spacial score (nSPS) is 10.3. The van der Waals surface area contributed by atoms with Gasteiger partial charge >= 0.3 is 0 Å². The number of hydrogen-bond acceptors (Lipinski definition) is 6. The van der Waals surface area contributed by atoms with Crippen molar-refractivity contribution in [2.75, 3.05) is 12.4 Å². The zero-order valence-corrected chi connectivity index (χ0v) is 12.6. The number of aromatic nitrogens is 2. The summed E-state index contributed by atoms with van der Waals surface area (Å²) in [5.74, 6) is 0.702. The molecule has 0 amide bonds. The molecular formula is C12H10Cl2N4O3. The van der Waals surface area contributed by atoms with Crippen LogP contribution in [0.1, 0.15) is 5.69 Å². The van der Waals surface area contributed by atoms with Gasteiger partial charge in [-0.2, -0.15) is 4.98 Å². The summed E-state index contributed by atoms with van der Waals surface area (Å²) in [7, 11) is 1.67. The van der Waals surface area contributed by atoms with Crippen molar-refractivity contribution in [2.45, 2.75) is 6.92 Å². The van der Waals surface area contributed by atoms with Crippen LogP contribution in [0.3, 0.4) is 0 Å². The van der Waals surface area contributed by atoms with Gasteiger partial charge in [-0.05, 0) is 6.92 Å². The molecule has 1 aromatic heterocycles. The lowest BCUT2D eigenvalue weighted by Gasteiger charge is -2.10. The number of nitrogens with one attached hydrogen (secondary N) is 1. The number of hydrogen-bond donors (Lipinski definition) is 1. The molecule has 0 saturated carbocycles. The molecule has 0 aliphatic heterocycles. The third-order valence-corrected chi connectivity index (χ3v) is 3.02. The molecule has 0 unspecified atom stereocenters. The van der Waals surface area contributed by atoms with Crippen molar-refractivity contribution in [3.63, 3.8) is 0 Å². The first-order valence-corrected chi connectivity index (χ1v) is 6.51. The van der Waals surface area contributed by atoms with Gasteiger partial charge in [0.15, 0.2) is 5.75 Å². The molecular weight excluding hydrogens is 319 g/mol. The zero-order valence-electron chi connectivity index (χ0n) is 11.1. The smallest absolute Gasteiger partial charge is 0.272 e. The summed E-state index contributed by atoms with van der Waals surface area (Å²) >= 11 is 11.9. The first-order valence-electron chi connectivity index (χ1n) is 5.75. The third-order valence-electron chi connectivity index (χ3n) is 2.45. The first kappa shape index (κ1) is 15.3. The lowest BCUT2D eigenvalue weighted by atomic mass is 10.3. The molecule has 1 aromatic carbocycles. The Morgan fingerprint density at radius 3 is 2.38 bits per heavy atom. The van der Waals surface area contributed by atoms with Gasteiger partial charge in [-0.3, -0.25) is 10.1 Å². The van der Waals surface area contributed by atoms with Gasteiger partial charge in [0, 0.05) is 30.9 Å². The Hall–Kier alpha value is -2.12. The monoisotopic (exact) mass is 328 g/mol. The van der Waals surface area contributed by atoms with E-state index in [0.717, 1.165) is 12.1 Å². The lowest BCUT2D eigenvalue weighted by Crippen LogP contribution is -2.00. The SMILES string of the molecule is CNc1nc(C)cc(Oc2c(Cl)cc([N+](=O)[O-])cc2Cl)n1. The molecule has 0 aliphatic carbocycles. The second-order valence-electron chi connectivity index (χ2n) is 4.02. The van der Waals surface area contributed by atoms with Gasteiger partial charge in [-0.15, -0.1) is 0 Å². The van der Waals surface area contributed by atoms with Crippen LogP contribution in [0, 0.1) is 17.0 Å². The van der Waals surface area contributed by atoms with Crippen LogP contribution in [-0.4, -0.2) is 21.9 Å². The van der Waals surface area contributed by atoms with Gasteiger partial charge < -0.3 is 10.1 Å². The van der Waals surface area contributed by atoms with E-state index in [0.29, 0.717) is 11.6 Å². The second kappa shape index (κ2) is 6.11. The molecule has 0 radical (unpaired) electrons. The summed E-state index contributed by atoms with van der Waals surface area (Å²) in [5, 5.41) is 13.6. The van der Waals surface area contributed by atoms with E-state index < -0.39 is 4.92 Å². The number of nitro groups is 1.